The van der Waals surface area contributed by atoms with Crippen molar-refractivity contribution in [2.75, 3.05) is 18.1 Å². The molecule has 0 bridgehead atoms. The zero-order valence-corrected chi connectivity index (χ0v) is 19.1. The fourth-order valence-corrected chi connectivity index (χ4v) is 6.20. The molecule has 2 aliphatic rings. The highest BCUT2D eigenvalue weighted by Crippen LogP contribution is 2.31. The number of anilines is 1. The molecule has 3 aromatic carbocycles. The lowest BCUT2D eigenvalue weighted by Gasteiger charge is -2.29. The molecule has 7 nitrogen and oxygen atoms in total. The van der Waals surface area contributed by atoms with E-state index in [2.05, 4.69) is 0 Å². The number of rotatable bonds is 6. The molecule has 34 heavy (non-hydrogen) atoms. The first kappa shape index (κ1) is 22.6. The normalized spacial score (nSPS) is 21.2. The summed E-state index contributed by atoms with van der Waals surface area (Å²) < 4.78 is 47.8. The molecule has 0 aromatic heterocycles. The van der Waals surface area contributed by atoms with Gasteiger partial charge in [0.25, 0.3) is 5.91 Å². The number of halogens is 1. The Kier molecular flexibility index (Phi) is 5.93. The van der Waals surface area contributed by atoms with Gasteiger partial charge in [-0.3, -0.25) is 9.59 Å². The van der Waals surface area contributed by atoms with Crippen LogP contribution in [0.4, 0.5) is 10.1 Å². The Morgan fingerprint density at radius 3 is 2.44 bits per heavy atom. The monoisotopic (exact) mass is 482 g/mol. The zero-order chi connectivity index (χ0) is 23.9. The highest BCUT2D eigenvalue weighted by Gasteiger charge is 2.47. The fourth-order valence-electron chi connectivity index (χ4n) is 4.55. The van der Waals surface area contributed by atoms with E-state index in [1.165, 1.54) is 18.2 Å². The first-order chi connectivity index (χ1) is 16.3. The average molecular weight is 483 g/mol. The van der Waals surface area contributed by atoms with Crippen LogP contribution in [-0.2, 0) is 24.3 Å². The van der Waals surface area contributed by atoms with E-state index in [1.807, 2.05) is 24.3 Å². The topological polar surface area (TPSA) is 84.0 Å². The summed E-state index contributed by atoms with van der Waals surface area (Å²) in [6, 6.07) is 16.0. The largest absolute Gasteiger partial charge is 0.377 e. The lowest BCUT2D eigenvalue weighted by atomic mass is 10.1. The number of hydrogen-bond acceptors (Lipinski definition) is 5. The SMILES string of the molecule is O=C1CC(N(CC2CCCO2)S(=O)(=O)c2ccc3ccccc3c2)C(=O)N1c1ccc(F)cc1. The van der Waals surface area contributed by atoms with Gasteiger partial charge in [0.1, 0.15) is 11.9 Å². The molecular weight excluding hydrogens is 459 g/mol. The molecule has 0 radical (unpaired) electrons. The van der Waals surface area contributed by atoms with Crippen molar-refractivity contribution in [2.24, 2.45) is 0 Å². The van der Waals surface area contributed by atoms with Gasteiger partial charge in [0.05, 0.1) is 23.1 Å². The molecule has 0 N–H and O–H groups in total. The number of benzene rings is 3. The van der Waals surface area contributed by atoms with Crippen molar-refractivity contribution in [3.8, 4) is 0 Å². The Balaban J connectivity index is 1.53. The second kappa shape index (κ2) is 8.90. The highest BCUT2D eigenvalue weighted by atomic mass is 32.2. The molecule has 2 atom stereocenters. The van der Waals surface area contributed by atoms with E-state index in [1.54, 1.807) is 12.1 Å². The van der Waals surface area contributed by atoms with Gasteiger partial charge in [0, 0.05) is 13.2 Å². The number of carbonyl (C=O) groups is 2. The lowest BCUT2D eigenvalue weighted by Crippen LogP contribution is -2.48. The summed E-state index contributed by atoms with van der Waals surface area (Å²) in [6.45, 7) is 0.490. The van der Waals surface area contributed by atoms with Gasteiger partial charge < -0.3 is 4.74 Å². The van der Waals surface area contributed by atoms with Crippen molar-refractivity contribution in [2.45, 2.75) is 36.3 Å². The van der Waals surface area contributed by atoms with Crippen molar-refractivity contribution >= 4 is 38.3 Å². The van der Waals surface area contributed by atoms with Crippen LogP contribution in [0.2, 0.25) is 0 Å². The van der Waals surface area contributed by atoms with Crippen LogP contribution in [0.3, 0.4) is 0 Å². The van der Waals surface area contributed by atoms with Crippen molar-refractivity contribution in [3.05, 3.63) is 72.5 Å². The third-order valence-electron chi connectivity index (χ3n) is 6.29. The van der Waals surface area contributed by atoms with Gasteiger partial charge in [0.2, 0.25) is 15.9 Å². The predicted molar refractivity (Wildman–Crippen MR) is 124 cm³/mol. The Morgan fingerprint density at radius 2 is 1.74 bits per heavy atom. The molecular formula is C25H23FN2O5S. The van der Waals surface area contributed by atoms with Crippen LogP contribution in [0.1, 0.15) is 19.3 Å². The van der Waals surface area contributed by atoms with Crippen LogP contribution in [0.25, 0.3) is 10.8 Å². The van der Waals surface area contributed by atoms with E-state index in [0.717, 1.165) is 38.5 Å². The molecule has 5 rings (SSSR count). The molecule has 2 heterocycles. The second-order valence-electron chi connectivity index (χ2n) is 8.48. The maximum Gasteiger partial charge on any atom is 0.252 e. The summed E-state index contributed by atoms with van der Waals surface area (Å²) >= 11 is 0. The van der Waals surface area contributed by atoms with E-state index in [9.17, 15) is 22.4 Å². The minimum absolute atomic E-state index is 0.0316. The summed E-state index contributed by atoms with van der Waals surface area (Å²) in [4.78, 5) is 27.2. The van der Waals surface area contributed by atoms with Crippen molar-refractivity contribution in [1.82, 2.24) is 4.31 Å². The van der Waals surface area contributed by atoms with Crippen molar-refractivity contribution in [1.29, 1.82) is 0 Å². The van der Waals surface area contributed by atoms with Crippen LogP contribution in [0.15, 0.2) is 71.6 Å². The van der Waals surface area contributed by atoms with Crippen molar-refractivity contribution < 1.29 is 27.1 Å². The minimum Gasteiger partial charge on any atom is -0.377 e. The van der Waals surface area contributed by atoms with Crippen LogP contribution < -0.4 is 4.90 Å². The number of sulfonamides is 1. The van der Waals surface area contributed by atoms with E-state index in [4.69, 9.17) is 4.74 Å². The number of imide groups is 1. The smallest absolute Gasteiger partial charge is 0.252 e. The standard InChI is InChI=1S/C25H23FN2O5S/c26-19-8-10-20(11-9-19)28-24(29)15-23(25(28)30)27(16-21-6-3-13-33-21)34(31,32)22-12-7-17-4-1-2-5-18(17)14-22/h1-2,4-5,7-12,14,21,23H,3,6,13,15-16H2. The Morgan fingerprint density at radius 1 is 1.00 bits per heavy atom. The molecule has 2 amide bonds. The molecule has 2 unspecified atom stereocenters. The van der Waals surface area contributed by atoms with Gasteiger partial charge in [0.15, 0.2) is 0 Å². The molecule has 0 spiro atoms. The summed E-state index contributed by atoms with van der Waals surface area (Å²) in [5.41, 5.74) is 0.207. The van der Waals surface area contributed by atoms with Gasteiger partial charge in [-0.05, 0) is 60.0 Å². The number of ether oxygens (including phenoxy) is 1. The van der Waals surface area contributed by atoms with Crippen LogP contribution >= 0.6 is 0 Å². The third-order valence-corrected chi connectivity index (χ3v) is 8.16. The predicted octanol–water partition coefficient (Wildman–Crippen LogP) is 3.48. The lowest BCUT2D eigenvalue weighted by molar-refractivity contribution is -0.122. The van der Waals surface area contributed by atoms with Crippen LogP contribution in [-0.4, -0.2) is 49.8 Å². The number of nitrogens with zero attached hydrogens (tertiary/aromatic N) is 2. The number of hydrogen-bond donors (Lipinski definition) is 0. The fraction of sp³-hybridized carbons (Fsp3) is 0.280. The molecule has 2 saturated heterocycles. The molecule has 176 valence electrons. The summed E-state index contributed by atoms with van der Waals surface area (Å²) in [5.74, 6) is -1.69. The average Bonchev–Trinajstić information content (AvgIpc) is 3.45. The molecule has 0 aliphatic carbocycles. The second-order valence-corrected chi connectivity index (χ2v) is 10.4. The minimum atomic E-state index is -4.14. The van der Waals surface area contributed by atoms with E-state index < -0.39 is 33.7 Å². The maximum absolute atomic E-state index is 13.8. The number of carbonyl (C=O) groups excluding carboxylic acids is 2. The van der Waals surface area contributed by atoms with E-state index >= 15 is 0 Å². The Hall–Kier alpha value is -3.14. The Labute approximate surface area is 196 Å². The maximum atomic E-state index is 13.8. The molecule has 3 aromatic rings. The van der Waals surface area contributed by atoms with E-state index in [-0.39, 0.29) is 29.7 Å². The van der Waals surface area contributed by atoms with Gasteiger partial charge >= 0.3 is 0 Å². The summed E-state index contributed by atoms with van der Waals surface area (Å²) in [5, 5.41) is 1.64. The van der Waals surface area contributed by atoms with Gasteiger partial charge in [-0.1, -0.05) is 30.3 Å². The molecule has 9 heteroatoms. The zero-order valence-electron chi connectivity index (χ0n) is 18.3. The van der Waals surface area contributed by atoms with Gasteiger partial charge in [-0.15, -0.1) is 0 Å². The van der Waals surface area contributed by atoms with Gasteiger partial charge in [-0.2, -0.15) is 4.31 Å². The third kappa shape index (κ3) is 4.11. The first-order valence-corrected chi connectivity index (χ1v) is 12.5. The van der Waals surface area contributed by atoms with E-state index in [0.29, 0.717) is 13.0 Å². The first-order valence-electron chi connectivity index (χ1n) is 11.1. The molecule has 0 saturated carbocycles. The highest BCUT2D eigenvalue weighted by molar-refractivity contribution is 7.89. The number of amides is 2. The summed E-state index contributed by atoms with van der Waals surface area (Å²) in [7, 11) is -4.14. The van der Waals surface area contributed by atoms with Crippen molar-refractivity contribution in [3.63, 3.8) is 0 Å². The van der Waals surface area contributed by atoms with Crippen LogP contribution in [0.5, 0.6) is 0 Å². The number of fused-ring (bicyclic) bond motifs is 1. The molecule has 2 fully saturated rings. The summed E-state index contributed by atoms with van der Waals surface area (Å²) in [6.07, 6.45) is 0.807. The quantitative estimate of drug-likeness (QED) is 0.503. The van der Waals surface area contributed by atoms with Gasteiger partial charge in [-0.25, -0.2) is 17.7 Å². The Bertz CT molecular complexity index is 1350. The molecule has 2 aliphatic heterocycles. The van der Waals surface area contributed by atoms with Crippen LogP contribution in [0, 0.1) is 5.82 Å².